The van der Waals surface area contributed by atoms with E-state index in [4.69, 9.17) is 4.74 Å². The van der Waals surface area contributed by atoms with Gasteiger partial charge in [0.25, 0.3) is 0 Å². The van der Waals surface area contributed by atoms with E-state index in [9.17, 15) is 4.79 Å². The number of carbonyl (C=O) groups is 1. The second kappa shape index (κ2) is 7.80. The number of benzene rings is 2. The highest BCUT2D eigenvalue weighted by Crippen LogP contribution is 2.11. The summed E-state index contributed by atoms with van der Waals surface area (Å²) in [5.41, 5.74) is 2.69. The Bertz CT molecular complexity index is 895. The lowest BCUT2D eigenvalue weighted by Gasteiger charge is -2.04. The van der Waals surface area contributed by atoms with Gasteiger partial charge < -0.3 is 10.1 Å². The van der Waals surface area contributed by atoms with Crippen LogP contribution in [0.2, 0.25) is 0 Å². The summed E-state index contributed by atoms with van der Waals surface area (Å²) in [6.45, 7) is 0.467. The maximum atomic E-state index is 11.6. The van der Waals surface area contributed by atoms with Crippen LogP contribution >= 0.6 is 0 Å². The Labute approximate surface area is 140 Å². The number of hydrogen-bond acceptors (Lipinski definition) is 3. The van der Waals surface area contributed by atoms with E-state index in [1.54, 1.807) is 6.20 Å². The van der Waals surface area contributed by atoms with Crippen molar-refractivity contribution in [3.05, 3.63) is 78.0 Å². The summed E-state index contributed by atoms with van der Waals surface area (Å²) in [5, 5.41) is 3.65. The van der Waals surface area contributed by atoms with Crippen LogP contribution in [0.15, 0.2) is 66.9 Å². The standard InChI is InChI=1S/C20H16N2O2/c23-20(24-15-16-7-2-1-3-8-16)21-12-6-9-17-13-18-10-4-5-11-19(18)22-14-17/h1-5,7-8,10-11,13-14H,12,15H2,(H,21,23). The van der Waals surface area contributed by atoms with E-state index < -0.39 is 6.09 Å². The van der Waals surface area contributed by atoms with Crippen LogP contribution in [-0.2, 0) is 11.3 Å². The third-order valence-corrected chi connectivity index (χ3v) is 3.36. The third kappa shape index (κ3) is 4.34. The van der Waals surface area contributed by atoms with E-state index in [2.05, 4.69) is 22.1 Å². The fourth-order valence-corrected chi connectivity index (χ4v) is 2.18. The molecule has 4 nitrogen and oxygen atoms in total. The van der Waals surface area contributed by atoms with Crippen molar-refractivity contribution in [1.29, 1.82) is 0 Å². The van der Waals surface area contributed by atoms with Gasteiger partial charge in [-0.3, -0.25) is 4.98 Å². The molecule has 0 unspecified atom stereocenters. The second-order valence-corrected chi connectivity index (χ2v) is 5.13. The minimum absolute atomic E-state index is 0.223. The number of hydrogen-bond donors (Lipinski definition) is 1. The number of carbonyl (C=O) groups excluding carboxylic acids is 1. The van der Waals surface area contributed by atoms with E-state index in [-0.39, 0.29) is 13.2 Å². The van der Waals surface area contributed by atoms with Gasteiger partial charge in [-0.15, -0.1) is 0 Å². The van der Waals surface area contributed by atoms with E-state index in [0.717, 1.165) is 22.0 Å². The van der Waals surface area contributed by atoms with Crippen LogP contribution in [0.4, 0.5) is 4.79 Å². The molecule has 1 N–H and O–H groups in total. The smallest absolute Gasteiger partial charge is 0.408 e. The number of amides is 1. The quantitative estimate of drug-likeness (QED) is 0.752. The van der Waals surface area contributed by atoms with Crippen molar-refractivity contribution >= 4 is 17.0 Å². The van der Waals surface area contributed by atoms with E-state index in [1.807, 2.05) is 60.7 Å². The summed E-state index contributed by atoms with van der Waals surface area (Å²) in [4.78, 5) is 15.9. The molecule has 0 aliphatic carbocycles. The van der Waals surface area contributed by atoms with Gasteiger partial charge in [-0.1, -0.05) is 60.4 Å². The van der Waals surface area contributed by atoms with Crippen molar-refractivity contribution in [2.24, 2.45) is 0 Å². The van der Waals surface area contributed by atoms with Gasteiger partial charge in [-0.2, -0.15) is 0 Å². The van der Waals surface area contributed by atoms with Crippen molar-refractivity contribution in [2.45, 2.75) is 6.61 Å². The van der Waals surface area contributed by atoms with Gasteiger partial charge in [0, 0.05) is 17.1 Å². The minimum Gasteiger partial charge on any atom is -0.445 e. The molecule has 0 radical (unpaired) electrons. The molecule has 118 valence electrons. The van der Waals surface area contributed by atoms with Crippen molar-refractivity contribution in [1.82, 2.24) is 10.3 Å². The predicted molar refractivity (Wildman–Crippen MR) is 93.3 cm³/mol. The Morgan fingerprint density at radius 1 is 1.08 bits per heavy atom. The Morgan fingerprint density at radius 2 is 1.88 bits per heavy atom. The number of aromatic nitrogens is 1. The molecule has 1 amide bonds. The van der Waals surface area contributed by atoms with Gasteiger partial charge in [0.1, 0.15) is 6.61 Å². The molecule has 3 rings (SSSR count). The second-order valence-electron chi connectivity index (χ2n) is 5.13. The summed E-state index contributed by atoms with van der Waals surface area (Å²) in [7, 11) is 0. The molecule has 0 bridgehead atoms. The Balaban J connectivity index is 1.49. The van der Waals surface area contributed by atoms with Crippen molar-refractivity contribution in [3.8, 4) is 11.8 Å². The van der Waals surface area contributed by atoms with Crippen LogP contribution in [0.1, 0.15) is 11.1 Å². The zero-order valence-corrected chi connectivity index (χ0v) is 13.0. The number of pyridine rings is 1. The fourth-order valence-electron chi connectivity index (χ4n) is 2.18. The van der Waals surface area contributed by atoms with Crippen LogP contribution in [-0.4, -0.2) is 17.6 Å². The first kappa shape index (κ1) is 15.6. The molecular formula is C20H16N2O2. The van der Waals surface area contributed by atoms with Crippen LogP contribution in [0.5, 0.6) is 0 Å². The van der Waals surface area contributed by atoms with Crippen molar-refractivity contribution in [3.63, 3.8) is 0 Å². The van der Waals surface area contributed by atoms with Gasteiger partial charge in [0.15, 0.2) is 0 Å². The van der Waals surface area contributed by atoms with E-state index in [1.165, 1.54) is 0 Å². The summed E-state index contributed by atoms with van der Waals surface area (Å²) >= 11 is 0. The first-order valence-corrected chi connectivity index (χ1v) is 7.59. The van der Waals surface area contributed by atoms with E-state index in [0.29, 0.717) is 0 Å². The molecule has 0 saturated heterocycles. The number of nitrogens with one attached hydrogen (secondary N) is 1. The van der Waals surface area contributed by atoms with Gasteiger partial charge in [-0.25, -0.2) is 4.79 Å². The summed E-state index contributed by atoms with van der Waals surface area (Å²) in [5.74, 6) is 5.88. The topological polar surface area (TPSA) is 51.2 Å². The molecule has 3 aromatic rings. The first-order chi connectivity index (χ1) is 11.8. The van der Waals surface area contributed by atoms with Crippen LogP contribution in [0, 0.1) is 11.8 Å². The number of ether oxygens (including phenoxy) is 1. The average Bonchev–Trinajstić information content (AvgIpc) is 2.64. The van der Waals surface area contributed by atoms with Gasteiger partial charge in [0.2, 0.25) is 0 Å². The molecular weight excluding hydrogens is 300 g/mol. The molecule has 4 heteroatoms. The zero-order chi connectivity index (χ0) is 16.6. The molecule has 24 heavy (non-hydrogen) atoms. The molecule has 2 aromatic carbocycles. The molecule has 1 heterocycles. The number of fused-ring (bicyclic) bond motifs is 1. The lowest BCUT2D eigenvalue weighted by molar-refractivity contribution is 0.141. The third-order valence-electron chi connectivity index (χ3n) is 3.36. The lowest BCUT2D eigenvalue weighted by atomic mass is 10.2. The highest BCUT2D eigenvalue weighted by molar-refractivity contribution is 5.79. The molecule has 1 aromatic heterocycles. The molecule has 0 spiro atoms. The summed E-state index contributed by atoms with van der Waals surface area (Å²) < 4.78 is 5.11. The maximum absolute atomic E-state index is 11.6. The number of para-hydroxylation sites is 1. The molecule has 0 aliphatic heterocycles. The lowest BCUT2D eigenvalue weighted by Crippen LogP contribution is -2.24. The normalized spacial score (nSPS) is 9.83. The number of rotatable bonds is 3. The average molecular weight is 316 g/mol. The highest BCUT2D eigenvalue weighted by atomic mass is 16.5. The Morgan fingerprint density at radius 3 is 2.75 bits per heavy atom. The van der Waals surface area contributed by atoms with Crippen molar-refractivity contribution in [2.75, 3.05) is 6.54 Å². The van der Waals surface area contributed by atoms with Gasteiger partial charge in [-0.05, 0) is 17.7 Å². The molecule has 0 aliphatic rings. The SMILES string of the molecule is O=C(NCC#Cc1cnc2ccccc2c1)OCc1ccccc1. The number of alkyl carbamates (subject to hydrolysis) is 1. The van der Waals surface area contributed by atoms with Crippen LogP contribution in [0.3, 0.4) is 0 Å². The minimum atomic E-state index is -0.482. The summed E-state index contributed by atoms with van der Waals surface area (Å²) in [6.07, 6.45) is 1.24. The highest BCUT2D eigenvalue weighted by Gasteiger charge is 2.00. The Hall–Kier alpha value is -3.32. The zero-order valence-electron chi connectivity index (χ0n) is 13.0. The molecule has 0 saturated carbocycles. The molecule has 0 fully saturated rings. The van der Waals surface area contributed by atoms with E-state index >= 15 is 0 Å². The Kier molecular flexibility index (Phi) is 5.06. The largest absolute Gasteiger partial charge is 0.445 e. The molecule has 0 atom stereocenters. The van der Waals surface area contributed by atoms with Gasteiger partial charge >= 0.3 is 6.09 Å². The number of nitrogens with zero attached hydrogens (tertiary/aromatic N) is 1. The van der Waals surface area contributed by atoms with Crippen molar-refractivity contribution < 1.29 is 9.53 Å². The monoisotopic (exact) mass is 316 g/mol. The van der Waals surface area contributed by atoms with Crippen LogP contribution < -0.4 is 5.32 Å². The predicted octanol–water partition coefficient (Wildman–Crippen LogP) is 3.51. The maximum Gasteiger partial charge on any atom is 0.408 e. The fraction of sp³-hybridized carbons (Fsp3) is 0.100. The van der Waals surface area contributed by atoms with Crippen LogP contribution in [0.25, 0.3) is 10.9 Å². The summed E-state index contributed by atoms with van der Waals surface area (Å²) in [6, 6.07) is 19.4. The first-order valence-electron chi connectivity index (χ1n) is 7.59. The van der Waals surface area contributed by atoms with Gasteiger partial charge in [0.05, 0.1) is 12.1 Å².